The van der Waals surface area contributed by atoms with Crippen LogP contribution in [0.25, 0.3) is 0 Å². The molecule has 1 N–H and O–H groups in total. The zero-order chi connectivity index (χ0) is 17.7. The molecule has 9 heteroatoms. The van der Waals surface area contributed by atoms with E-state index < -0.39 is 14.9 Å². The number of rotatable bonds is 7. The minimum atomic E-state index is -3.80. The van der Waals surface area contributed by atoms with Gasteiger partial charge in [0.2, 0.25) is 10.0 Å². The van der Waals surface area contributed by atoms with E-state index in [0.717, 1.165) is 11.8 Å². The fourth-order valence-corrected chi connectivity index (χ4v) is 3.21. The second kappa shape index (κ2) is 7.61. The molecule has 0 aliphatic heterocycles. The third-order valence-corrected chi connectivity index (χ3v) is 5.06. The molecule has 0 aromatic heterocycles. The van der Waals surface area contributed by atoms with Crippen molar-refractivity contribution in [2.75, 3.05) is 25.0 Å². The van der Waals surface area contributed by atoms with Crippen LogP contribution in [0.15, 0.2) is 53.4 Å². The maximum Gasteiger partial charge on any atom is 0.270 e. The molecule has 0 aliphatic carbocycles. The number of sulfonamides is 1. The first kappa shape index (κ1) is 18.2. The first-order valence-electron chi connectivity index (χ1n) is 7.00. The normalized spacial score (nSPS) is 11.2. The third-order valence-electron chi connectivity index (χ3n) is 3.35. The summed E-state index contributed by atoms with van der Waals surface area (Å²) in [4.78, 5) is 11.8. The van der Waals surface area contributed by atoms with Crippen molar-refractivity contribution in [1.29, 1.82) is 0 Å². The van der Waals surface area contributed by atoms with Crippen molar-refractivity contribution in [2.24, 2.45) is 0 Å². The Morgan fingerprint density at radius 1 is 1.21 bits per heavy atom. The second-order valence-corrected chi connectivity index (χ2v) is 7.25. The van der Waals surface area contributed by atoms with Gasteiger partial charge in [0.25, 0.3) is 5.69 Å². The van der Waals surface area contributed by atoms with Crippen molar-refractivity contribution in [3.8, 4) is 0 Å². The summed E-state index contributed by atoms with van der Waals surface area (Å²) in [6, 6.07) is 12.1. The molecule has 0 unspecified atom stereocenters. The number of nitro benzene ring substituents is 1. The molecule has 24 heavy (non-hydrogen) atoms. The quantitative estimate of drug-likeness (QED) is 0.598. The molecule has 0 heterocycles. The van der Waals surface area contributed by atoms with Crippen LogP contribution in [-0.2, 0) is 10.0 Å². The zero-order valence-corrected chi connectivity index (χ0v) is 14.4. The van der Waals surface area contributed by atoms with Crippen LogP contribution >= 0.6 is 11.6 Å². The lowest BCUT2D eigenvalue weighted by Crippen LogP contribution is -2.33. The van der Waals surface area contributed by atoms with Crippen LogP contribution in [0.3, 0.4) is 0 Å². The Labute approximate surface area is 145 Å². The van der Waals surface area contributed by atoms with E-state index in [-0.39, 0.29) is 17.1 Å². The van der Waals surface area contributed by atoms with Gasteiger partial charge in [0.1, 0.15) is 0 Å². The van der Waals surface area contributed by atoms with Gasteiger partial charge in [-0.15, -0.1) is 0 Å². The lowest BCUT2D eigenvalue weighted by Gasteiger charge is -2.19. The van der Waals surface area contributed by atoms with Gasteiger partial charge in [0.05, 0.1) is 9.82 Å². The summed E-state index contributed by atoms with van der Waals surface area (Å²) in [5.41, 5.74) is 0.630. The van der Waals surface area contributed by atoms with E-state index >= 15 is 0 Å². The molecular weight excluding hydrogens is 354 g/mol. The van der Waals surface area contributed by atoms with E-state index in [9.17, 15) is 18.5 Å². The fraction of sp³-hybridized carbons (Fsp3) is 0.200. The molecule has 7 nitrogen and oxygen atoms in total. The Balaban J connectivity index is 1.99. The highest BCUT2D eigenvalue weighted by molar-refractivity contribution is 7.89. The predicted octanol–water partition coefficient (Wildman–Crippen LogP) is 2.66. The van der Waals surface area contributed by atoms with Crippen molar-refractivity contribution >= 4 is 33.0 Å². The number of anilines is 1. The number of hydrogen-bond acceptors (Lipinski definition) is 5. The van der Waals surface area contributed by atoms with Crippen molar-refractivity contribution in [2.45, 2.75) is 4.90 Å². The topological polar surface area (TPSA) is 92.6 Å². The lowest BCUT2D eigenvalue weighted by molar-refractivity contribution is -0.385. The first-order valence-corrected chi connectivity index (χ1v) is 8.86. The van der Waals surface area contributed by atoms with E-state index in [4.69, 9.17) is 11.6 Å². The Morgan fingerprint density at radius 3 is 2.50 bits per heavy atom. The van der Waals surface area contributed by atoms with Gasteiger partial charge in [-0.3, -0.25) is 10.1 Å². The summed E-state index contributed by atoms with van der Waals surface area (Å²) in [5, 5.41) is 11.4. The van der Waals surface area contributed by atoms with Gasteiger partial charge in [-0.25, -0.2) is 13.1 Å². The highest BCUT2D eigenvalue weighted by Crippen LogP contribution is 2.18. The van der Waals surface area contributed by atoms with Crippen LogP contribution in [0.2, 0.25) is 5.02 Å². The number of nitro groups is 1. The monoisotopic (exact) mass is 369 g/mol. The molecule has 0 saturated heterocycles. The van der Waals surface area contributed by atoms with Gasteiger partial charge in [0, 0.05) is 43.0 Å². The van der Waals surface area contributed by atoms with Gasteiger partial charge in [-0.05, 0) is 30.3 Å². The van der Waals surface area contributed by atoms with Gasteiger partial charge in [-0.1, -0.05) is 17.7 Å². The van der Waals surface area contributed by atoms with Gasteiger partial charge >= 0.3 is 0 Å². The molecule has 0 radical (unpaired) electrons. The molecule has 0 amide bonds. The molecule has 128 valence electrons. The van der Waals surface area contributed by atoms with Crippen LogP contribution in [0.1, 0.15) is 0 Å². The average molecular weight is 370 g/mol. The highest BCUT2D eigenvalue weighted by Gasteiger charge is 2.17. The van der Waals surface area contributed by atoms with E-state index in [0.29, 0.717) is 11.6 Å². The molecule has 0 aliphatic rings. The maximum absolute atomic E-state index is 12.2. The Morgan fingerprint density at radius 2 is 1.88 bits per heavy atom. The van der Waals surface area contributed by atoms with Crippen molar-refractivity contribution < 1.29 is 13.3 Å². The number of benzene rings is 2. The molecule has 2 aromatic rings. The van der Waals surface area contributed by atoms with Gasteiger partial charge < -0.3 is 4.90 Å². The van der Waals surface area contributed by atoms with Crippen molar-refractivity contribution in [3.05, 3.63) is 63.7 Å². The number of halogens is 1. The van der Waals surface area contributed by atoms with Gasteiger partial charge in [0.15, 0.2) is 0 Å². The average Bonchev–Trinajstić information content (AvgIpc) is 2.55. The SMILES string of the molecule is CN(CCNS(=O)(=O)c1cccc([N+](=O)[O-])c1)c1ccc(Cl)cc1. The van der Waals surface area contributed by atoms with E-state index in [2.05, 4.69) is 4.72 Å². The van der Waals surface area contributed by atoms with E-state index in [1.165, 1.54) is 18.2 Å². The summed E-state index contributed by atoms with van der Waals surface area (Å²) in [6.45, 7) is 0.583. The molecule has 0 atom stereocenters. The number of hydrogen-bond donors (Lipinski definition) is 1. The van der Waals surface area contributed by atoms with Gasteiger partial charge in [-0.2, -0.15) is 0 Å². The standard InChI is InChI=1S/C15H16ClN3O4S/c1-18(13-7-5-12(16)6-8-13)10-9-17-24(22,23)15-4-2-3-14(11-15)19(20)21/h2-8,11,17H,9-10H2,1H3. The molecule has 2 aromatic carbocycles. The largest absolute Gasteiger partial charge is 0.373 e. The summed E-state index contributed by atoms with van der Waals surface area (Å²) in [7, 11) is -1.98. The summed E-state index contributed by atoms with van der Waals surface area (Å²) in [6.07, 6.45) is 0. The molecule has 0 fully saturated rings. The molecule has 2 rings (SSSR count). The predicted molar refractivity (Wildman–Crippen MR) is 93.0 cm³/mol. The van der Waals surface area contributed by atoms with Crippen LogP contribution in [0.5, 0.6) is 0 Å². The van der Waals surface area contributed by atoms with Crippen LogP contribution < -0.4 is 9.62 Å². The van der Waals surface area contributed by atoms with E-state index in [1.54, 1.807) is 12.1 Å². The number of nitrogens with one attached hydrogen (secondary N) is 1. The minimum absolute atomic E-state index is 0.133. The fourth-order valence-electron chi connectivity index (χ4n) is 2.02. The van der Waals surface area contributed by atoms with Crippen LogP contribution in [-0.4, -0.2) is 33.5 Å². The Bertz CT molecular complexity index is 825. The van der Waals surface area contributed by atoms with E-state index in [1.807, 2.05) is 24.1 Å². The Kier molecular flexibility index (Phi) is 5.76. The maximum atomic E-state index is 12.2. The first-order chi connectivity index (χ1) is 11.3. The van der Waals surface area contributed by atoms with Crippen LogP contribution in [0.4, 0.5) is 11.4 Å². The molecular formula is C15H16ClN3O4S. The smallest absolute Gasteiger partial charge is 0.270 e. The minimum Gasteiger partial charge on any atom is -0.373 e. The Hall–Kier alpha value is -2.16. The van der Waals surface area contributed by atoms with Crippen LogP contribution in [0, 0.1) is 10.1 Å². The molecule has 0 spiro atoms. The number of likely N-dealkylation sites (N-methyl/N-ethyl adjacent to an activating group) is 1. The zero-order valence-electron chi connectivity index (χ0n) is 12.8. The lowest BCUT2D eigenvalue weighted by atomic mass is 10.3. The third kappa shape index (κ3) is 4.67. The second-order valence-electron chi connectivity index (χ2n) is 5.05. The van der Waals surface area contributed by atoms with Crippen molar-refractivity contribution in [1.82, 2.24) is 4.72 Å². The molecule has 0 bridgehead atoms. The van der Waals surface area contributed by atoms with Crippen molar-refractivity contribution in [3.63, 3.8) is 0 Å². The summed E-state index contributed by atoms with van der Waals surface area (Å²) >= 11 is 5.83. The summed E-state index contributed by atoms with van der Waals surface area (Å²) in [5.74, 6) is 0. The molecule has 0 saturated carbocycles. The summed E-state index contributed by atoms with van der Waals surface area (Å²) < 4.78 is 26.8. The number of nitrogens with zero attached hydrogens (tertiary/aromatic N) is 2. The number of non-ortho nitro benzene ring substituents is 1. The highest BCUT2D eigenvalue weighted by atomic mass is 35.5.